The topological polar surface area (TPSA) is 79.4 Å². The van der Waals surface area contributed by atoms with Crippen molar-refractivity contribution in [3.63, 3.8) is 0 Å². The second-order valence-electron chi connectivity index (χ2n) is 6.73. The molecule has 0 aliphatic carbocycles. The molecular weight excluding hydrogens is 414 g/mol. The van der Waals surface area contributed by atoms with Gasteiger partial charge in [0.2, 0.25) is 0 Å². The summed E-state index contributed by atoms with van der Waals surface area (Å²) in [6.07, 6.45) is 3.30. The normalized spacial score (nSPS) is 18.4. The van der Waals surface area contributed by atoms with Gasteiger partial charge in [0.1, 0.15) is 4.21 Å². The molecule has 0 unspecified atom stereocenters. The molecule has 0 spiro atoms. The lowest BCUT2D eigenvalue weighted by Gasteiger charge is -2.34. The van der Waals surface area contributed by atoms with Crippen molar-refractivity contribution in [1.29, 1.82) is 0 Å². The third-order valence-corrected chi connectivity index (χ3v) is 9.24. The number of thiazole rings is 1. The Morgan fingerprint density at radius 2 is 2.07 bits per heavy atom. The summed E-state index contributed by atoms with van der Waals surface area (Å²) in [7, 11) is -3.46. The van der Waals surface area contributed by atoms with E-state index in [4.69, 9.17) is 0 Å². The van der Waals surface area contributed by atoms with Crippen LogP contribution < -0.4 is 5.32 Å². The zero-order chi connectivity index (χ0) is 19.6. The van der Waals surface area contributed by atoms with E-state index < -0.39 is 10.0 Å². The van der Waals surface area contributed by atoms with E-state index >= 15 is 0 Å². The molecule has 0 bridgehead atoms. The van der Waals surface area contributed by atoms with Crippen LogP contribution >= 0.6 is 22.7 Å². The molecule has 0 radical (unpaired) electrons. The summed E-state index contributed by atoms with van der Waals surface area (Å²) >= 11 is 2.61. The lowest BCUT2D eigenvalue weighted by molar-refractivity contribution is 0.0949. The highest BCUT2D eigenvalue weighted by atomic mass is 32.2. The predicted octanol–water partition coefficient (Wildman–Crippen LogP) is 3.72. The zero-order valence-corrected chi connectivity index (χ0v) is 17.7. The van der Waals surface area contributed by atoms with Crippen LogP contribution in [-0.2, 0) is 10.0 Å². The molecule has 3 aromatic rings. The lowest BCUT2D eigenvalue weighted by Crippen LogP contribution is -2.44. The van der Waals surface area contributed by atoms with Gasteiger partial charge in [-0.1, -0.05) is 24.6 Å². The molecule has 28 heavy (non-hydrogen) atoms. The number of aromatic nitrogens is 1. The first-order chi connectivity index (χ1) is 13.6. The van der Waals surface area contributed by atoms with Crippen molar-refractivity contribution in [2.45, 2.75) is 35.9 Å². The van der Waals surface area contributed by atoms with Crippen molar-refractivity contribution in [2.75, 3.05) is 13.1 Å². The smallest absolute Gasteiger partial charge is 0.280 e. The lowest BCUT2D eigenvalue weighted by atomic mass is 10.0. The van der Waals surface area contributed by atoms with Gasteiger partial charge in [0.25, 0.3) is 15.9 Å². The number of thiophene rings is 1. The van der Waals surface area contributed by atoms with Crippen LogP contribution in [0.4, 0.5) is 0 Å². The number of nitrogens with zero attached hydrogens (tertiary/aromatic N) is 2. The number of hydrogen-bond donors (Lipinski definition) is 1. The number of hydrogen-bond acceptors (Lipinski definition) is 6. The zero-order valence-electron chi connectivity index (χ0n) is 15.2. The molecule has 1 aliphatic rings. The van der Waals surface area contributed by atoms with Crippen molar-refractivity contribution in [3.8, 4) is 0 Å². The van der Waals surface area contributed by atoms with Gasteiger partial charge in [-0.25, -0.2) is 13.4 Å². The van der Waals surface area contributed by atoms with Gasteiger partial charge in [0.15, 0.2) is 5.01 Å². The molecule has 2 aromatic heterocycles. The fourth-order valence-electron chi connectivity index (χ4n) is 3.50. The molecule has 0 saturated carbocycles. The van der Waals surface area contributed by atoms with Gasteiger partial charge in [-0.05, 0) is 42.8 Å². The van der Waals surface area contributed by atoms with Crippen LogP contribution in [-0.4, -0.2) is 42.7 Å². The number of carbonyl (C=O) groups excluding carboxylic acids is 1. The number of carbonyl (C=O) groups is 1. The molecule has 1 aliphatic heterocycles. The summed E-state index contributed by atoms with van der Waals surface area (Å²) in [6.45, 7) is 0.965. The Morgan fingerprint density at radius 1 is 1.21 bits per heavy atom. The summed E-state index contributed by atoms with van der Waals surface area (Å²) in [5, 5.41) is 5.12. The van der Waals surface area contributed by atoms with E-state index in [0.29, 0.717) is 28.7 Å². The molecule has 1 aromatic carbocycles. The third-order valence-electron chi connectivity index (χ3n) is 4.88. The Labute approximate surface area is 172 Å². The van der Waals surface area contributed by atoms with Crippen LogP contribution in [0.25, 0.3) is 10.2 Å². The van der Waals surface area contributed by atoms with Crippen LogP contribution in [0.2, 0.25) is 0 Å². The van der Waals surface area contributed by atoms with Gasteiger partial charge in [0, 0.05) is 19.1 Å². The van der Waals surface area contributed by atoms with E-state index in [1.807, 2.05) is 24.3 Å². The average Bonchev–Trinajstić information content (AvgIpc) is 3.38. The molecule has 1 atom stereocenters. The maximum Gasteiger partial charge on any atom is 0.280 e. The van der Waals surface area contributed by atoms with E-state index in [9.17, 15) is 13.2 Å². The quantitative estimate of drug-likeness (QED) is 0.640. The van der Waals surface area contributed by atoms with Crippen LogP contribution in [0.15, 0.2) is 46.0 Å². The third kappa shape index (κ3) is 3.98. The van der Waals surface area contributed by atoms with Crippen LogP contribution in [0.1, 0.15) is 35.5 Å². The van der Waals surface area contributed by atoms with Crippen molar-refractivity contribution < 1.29 is 13.2 Å². The summed E-state index contributed by atoms with van der Waals surface area (Å²) in [5.41, 5.74) is 0.818. The standard InChI is InChI=1S/C19H21N3O3S3/c23-18(19-21-15-7-1-2-8-16(15)27-19)20-11-10-14-6-3-4-12-22(14)28(24,25)17-9-5-13-26-17/h1-2,5,7-9,13-14H,3-4,6,10-12H2,(H,20,23)/t14-/m1/s1. The Bertz CT molecular complexity index is 1030. The largest absolute Gasteiger partial charge is 0.350 e. The number of sulfonamides is 1. The Hall–Kier alpha value is -1.81. The fraction of sp³-hybridized carbons (Fsp3) is 0.368. The molecule has 1 saturated heterocycles. The van der Waals surface area contributed by atoms with E-state index in [0.717, 1.165) is 29.5 Å². The highest BCUT2D eigenvalue weighted by Crippen LogP contribution is 2.29. The van der Waals surface area contributed by atoms with Gasteiger partial charge in [-0.2, -0.15) is 4.31 Å². The molecule has 3 heterocycles. The highest BCUT2D eigenvalue weighted by Gasteiger charge is 2.33. The van der Waals surface area contributed by atoms with Crippen molar-refractivity contribution in [2.24, 2.45) is 0 Å². The molecular formula is C19H21N3O3S3. The first-order valence-corrected chi connectivity index (χ1v) is 12.4. The molecule has 1 N–H and O–H groups in total. The number of nitrogens with one attached hydrogen (secondary N) is 1. The number of fused-ring (bicyclic) bond motifs is 1. The van der Waals surface area contributed by atoms with Crippen LogP contribution in [0.5, 0.6) is 0 Å². The summed E-state index contributed by atoms with van der Waals surface area (Å²) in [5.74, 6) is -0.204. The minimum Gasteiger partial charge on any atom is -0.350 e. The first kappa shape index (κ1) is 19.5. The molecule has 148 valence electrons. The molecule has 1 fully saturated rings. The minimum atomic E-state index is -3.46. The Kier molecular flexibility index (Phi) is 5.77. The van der Waals surface area contributed by atoms with E-state index in [-0.39, 0.29) is 11.9 Å². The molecule has 4 rings (SSSR count). The maximum absolute atomic E-state index is 12.9. The number of rotatable bonds is 6. The number of piperidine rings is 1. The highest BCUT2D eigenvalue weighted by molar-refractivity contribution is 7.91. The first-order valence-electron chi connectivity index (χ1n) is 9.25. The Morgan fingerprint density at radius 3 is 2.86 bits per heavy atom. The van der Waals surface area contributed by atoms with E-state index in [1.54, 1.807) is 21.8 Å². The van der Waals surface area contributed by atoms with Crippen LogP contribution in [0.3, 0.4) is 0 Å². The summed E-state index contributed by atoms with van der Waals surface area (Å²) in [4.78, 5) is 16.8. The van der Waals surface area contributed by atoms with Crippen molar-refractivity contribution in [1.82, 2.24) is 14.6 Å². The van der Waals surface area contributed by atoms with Crippen molar-refractivity contribution in [3.05, 3.63) is 46.8 Å². The van der Waals surface area contributed by atoms with Gasteiger partial charge in [-0.15, -0.1) is 22.7 Å². The van der Waals surface area contributed by atoms with Crippen molar-refractivity contribution >= 4 is 48.8 Å². The minimum absolute atomic E-state index is 0.0866. The van der Waals surface area contributed by atoms with Crippen LogP contribution in [0, 0.1) is 0 Å². The monoisotopic (exact) mass is 435 g/mol. The number of amides is 1. The fourth-order valence-corrected chi connectivity index (χ4v) is 7.23. The Balaban J connectivity index is 1.39. The predicted molar refractivity (Wildman–Crippen MR) is 112 cm³/mol. The van der Waals surface area contributed by atoms with E-state index in [2.05, 4.69) is 10.3 Å². The van der Waals surface area contributed by atoms with Gasteiger partial charge < -0.3 is 5.32 Å². The number of benzene rings is 1. The molecule has 1 amide bonds. The number of para-hydroxylation sites is 1. The van der Waals surface area contributed by atoms with E-state index in [1.165, 1.54) is 22.7 Å². The molecule has 6 nitrogen and oxygen atoms in total. The van der Waals surface area contributed by atoms with Gasteiger partial charge >= 0.3 is 0 Å². The second kappa shape index (κ2) is 8.28. The van der Waals surface area contributed by atoms with Gasteiger partial charge in [0.05, 0.1) is 10.2 Å². The molecule has 9 heteroatoms. The summed E-state index contributed by atoms with van der Waals surface area (Å²) < 4.78 is 28.8. The average molecular weight is 436 g/mol. The maximum atomic E-state index is 12.9. The summed E-state index contributed by atoms with van der Waals surface area (Å²) in [6, 6.07) is 11.0. The van der Waals surface area contributed by atoms with Gasteiger partial charge in [-0.3, -0.25) is 4.79 Å². The second-order valence-corrected chi connectivity index (χ2v) is 10.8. The SMILES string of the molecule is O=C(NCC[C@H]1CCCCN1S(=O)(=O)c1cccs1)c1nc2ccccc2s1.